The van der Waals surface area contributed by atoms with E-state index in [1.165, 1.54) is 0 Å². The van der Waals surface area contributed by atoms with Crippen molar-refractivity contribution in [3.05, 3.63) is 167 Å². The van der Waals surface area contributed by atoms with Crippen LogP contribution < -0.4 is 19.5 Å². The maximum Gasteiger partial charge on any atom is 0.258 e. The molecule has 5 rings (SSSR count). The number of carbonyl (C=O) groups is 1. The Kier molecular flexibility index (Phi) is 10.3. The van der Waals surface area contributed by atoms with Gasteiger partial charge in [0, 0.05) is 17.5 Å². The lowest BCUT2D eigenvalue weighted by Gasteiger charge is -2.21. The molecule has 4 aromatic rings. The predicted octanol–water partition coefficient (Wildman–Crippen LogP) is 8.51. The molecule has 1 aliphatic carbocycles. The molecule has 0 aliphatic heterocycles. The molecule has 0 radical (unpaired) electrons. The minimum Gasteiger partial charge on any atom is -0.497 e. The van der Waals surface area contributed by atoms with Crippen LogP contribution in [0.2, 0.25) is 0 Å². The summed E-state index contributed by atoms with van der Waals surface area (Å²) in [5, 5.41) is 3.19. The van der Waals surface area contributed by atoms with Gasteiger partial charge in [0.2, 0.25) is 0 Å². The summed E-state index contributed by atoms with van der Waals surface area (Å²) >= 11 is 0. The molecule has 0 saturated heterocycles. The number of rotatable bonds is 11. The van der Waals surface area contributed by atoms with Crippen LogP contribution in [0.5, 0.6) is 17.2 Å². The number of ether oxygens (including phenoxy) is 3. The van der Waals surface area contributed by atoms with Crippen molar-refractivity contribution >= 4 is 11.5 Å². The van der Waals surface area contributed by atoms with Crippen molar-refractivity contribution < 1.29 is 19.0 Å². The van der Waals surface area contributed by atoms with Gasteiger partial charge in [-0.2, -0.15) is 0 Å². The Hall–Kier alpha value is -5.29. The number of hydrogen-bond donors (Lipinski definition) is 1. The summed E-state index contributed by atoms with van der Waals surface area (Å²) < 4.78 is 16.9. The topological polar surface area (TPSA) is 56.8 Å². The molecule has 1 N–H and O–H groups in total. The van der Waals surface area contributed by atoms with Gasteiger partial charge in [0.1, 0.15) is 17.2 Å². The average molecular weight is 598 g/mol. The van der Waals surface area contributed by atoms with Crippen LogP contribution in [-0.4, -0.2) is 26.7 Å². The lowest BCUT2D eigenvalue weighted by Crippen LogP contribution is -2.33. The highest BCUT2D eigenvalue weighted by Crippen LogP contribution is 2.35. The summed E-state index contributed by atoms with van der Waals surface area (Å²) in [6, 6.07) is 30.0. The van der Waals surface area contributed by atoms with E-state index in [0.29, 0.717) is 5.75 Å². The van der Waals surface area contributed by atoms with E-state index >= 15 is 0 Å². The second-order valence-electron chi connectivity index (χ2n) is 11.0. The van der Waals surface area contributed by atoms with E-state index < -0.39 is 0 Å². The molecule has 0 bridgehead atoms. The van der Waals surface area contributed by atoms with Gasteiger partial charge in [0.05, 0.1) is 20.3 Å². The smallest absolute Gasteiger partial charge is 0.258 e. The standard InChI is InChI=1S/C40H39NO4/c1-28-12-14-33(15-13-28)40(34-18-16-32(17-19-34)31-10-8-6-5-7-9-11-31)41-39(42)27-45-35-22-20-30(21-23-35)29(2)37-25-24-36(43-3)26-38(37)44-4/h5-26,29,40H,27H2,1-4H3,(H,41,42)/b6-5-,7-5?,8-6?,9-7-,10-8-,11-9?,31-10?,31-11+. The van der Waals surface area contributed by atoms with Crippen LogP contribution in [0.25, 0.3) is 5.57 Å². The van der Waals surface area contributed by atoms with Gasteiger partial charge < -0.3 is 19.5 Å². The Bertz CT molecular complexity index is 1710. The summed E-state index contributed by atoms with van der Waals surface area (Å²) in [6.45, 7) is 4.09. The van der Waals surface area contributed by atoms with E-state index in [1.54, 1.807) is 14.2 Å². The second-order valence-corrected chi connectivity index (χ2v) is 11.0. The first-order valence-corrected chi connectivity index (χ1v) is 15.1. The Morgan fingerprint density at radius 3 is 2.02 bits per heavy atom. The van der Waals surface area contributed by atoms with Crippen LogP contribution in [0.1, 0.15) is 52.3 Å². The highest BCUT2D eigenvalue weighted by molar-refractivity contribution is 5.79. The van der Waals surface area contributed by atoms with Crippen molar-refractivity contribution in [2.75, 3.05) is 20.8 Å². The van der Waals surface area contributed by atoms with Gasteiger partial charge in [-0.25, -0.2) is 0 Å². The van der Waals surface area contributed by atoms with Gasteiger partial charge in [-0.05, 0) is 52.9 Å². The Balaban J connectivity index is 1.26. The highest BCUT2D eigenvalue weighted by atomic mass is 16.5. The minimum absolute atomic E-state index is 0.0949. The predicted molar refractivity (Wildman–Crippen MR) is 182 cm³/mol. The summed E-state index contributed by atoms with van der Waals surface area (Å²) in [6.07, 6.45) is 14.3. The molecule has 228 valence electrons. The highest BCUT2D eigenvalue weighted by Gasteiger charge is 2.19. The molecule has 0 saturated carbocycles. The molecule has 1 amide bonds. The molecule has 4 aromatic carbocycles. The average Bonchev–Trinajstić information content (AvgIpc) is 3.06. The van der Waals surface area contributed by atoms with E-state index in [2.05, 4.69) is 79.8 Å². The monoisotopic (exact) mass is 597 g/mol. The Morgan fingerprint density at radius 2 is 1.33 bits per heavy atom. The number of amides is 1. The first-order valence-electron chi connectivity index (χ1n) is 15.1. The van der Waals surface area contributed by atoms with E-state index in [9.17, 15) is 4.79 Å². The number of nitrogens with one attached hydrogen (secondary N) is 1. The van der Waals surface area contributed by atoms with Crippen molar-refractivity contribution in [3.63, 3.8) is 0 Å². The zero-order valence-corrected chi connectivity index (χ0v) is 26.2. The summed E-state index contributed by atoms with van der Waals surface area (Å²) in [5.74, 6) is 2.05. The van der Waals surface area contributed by atoms with Crippen molar-refractivity contribution in [3.8, 4) is 17.2 Å². The van der Waals surface area contributed by atoms with E-state index in [-0.39, 0.29) is 24.5 Å². The number of benzene rings is 4. The van der Waals surface area contributed by atoms with Crippen LogP contribution >= 0.6 is 0 Å². The van der Waals surface area contributed by atoms with Crippen molar-refractivity contribution in [1.82, 2.24) is 5.32 Å². The Labute approximate surface area is 266 Å². The van der Waals surface area contributed by atoms with E-state index in [4.69, 9.17) is 14.2 Å². The molecule has 0 fully saturated rings. The molecule has 45 heavy (non-hydrogen) atoms. The zero-order valence-electron chi connectivity index (χ0n) is 26.2. The molecule has 0 heterocycles. The summed E-state index contributed by atoms with van der Waals surface area (Å²) in [5.41, 5.74) is 7.56. The first-order chi connectivity index (χ1) is 21.9. The normalized spacial score (nSPS) is 16.9. The van der Waals surface area contributed by atoms with Crippen molar-refractivity contribution in [2.45, 2.75) is 25.8 Å². The van der Waals surface area contributed by atoms with Crippen LogP contribution in [0.4, 0.5) is 0 Å². The quantitative estimate of drug-likeness (QED) is 0.188. The number of methoxy groups -OCH3 is 2. The van der Waals surface area contributed by atoms with Gasteiger partial charge in [-0.3, -0.25) is 4.79 Å². The molecular weight excluding hydrogens is 558 g/mol. The molecule has 5 nitrogen and oxygen atoms in total. The number of carbonyl (C=O) groups excluding carboxylic acids is 1. The van der Waals surface area contributed by atoms with E-state index in [1.807, 2.05) is 72.8 Å². The lowest BCUT2D eigenvalue weighted by molar-refractivity contribution is -0.123. The fraction of sp³-hybridized carbons (Fsp3) is 0.175. The fourth-order valence-electron chi connectivity index (χ4n) is 5.30. The third-order valence-electron chi connectivity index (χ3n) is 7.95. The molecule has 2 unspecified atom stereocenters. The van der Waals surface area contributed by atoms with Crippen LogP contribution in [-0.2, 0) is 4.79 Å². The third kappa shape index (κ3) is 8.01. The zero-order chi connectivity index (χ0) is 31.6. The maximum absolute atomic E-state index is 13.2. The van der Waals surface area contributed by atoms with Gasteiger partial charge >= 0.3 is 0 Å². The largest absolute Gasteiger partial charge is 0.497 e. The number of hydrogen-bond acceptors (Lipinski definition) is 4. The molecule has 5 heteroatoms. The first kappa shape index (κ1) is 31.1. The van der Waals surface area contributed by atoms with Crippen LogP contribution in [0.3, 0.4) is 0 Å². The number of allylic oxidation sites excluding steroid dienone is 8. The minimum atomic E-state index is -0.317. The van der Waals surface area contributed by atoms with Crippen LogP contribution in [0, 0.1) is 6.92 Å². The van der Waals surface area contributed by atoms with Gasteiger partial charge in [-0.1, -0.05) is 122 Å². The van der Waals surface area contributed by atoms with Crippen molar-refractivity contribution in [2.24, 2.45) is 0 Å². The second kappa shape index (κ2) is 14.9. The summed E-state index contributed by atoms with van der Waals surface area (Å²) in [7, 11) is 3.30. The molecule has 0 spiro atoms. The van der Waals surface area contributed by atoms with E-state index in [0.717, 1.165) is 50.5 Å². The van der Waals surface area contributed by atoms with Gasteiger partial charge in [0.15, 0.2) is 6.61 Å². The van der Waals surface area contributed by atoms with Gasteiger partial charge in [0.25, 0.3) is 5.91 Å². The van der Waals surface area contributed by atoms with Crippen LogP contribution in [0.15, 0.2) is 134 Å². The molecule has 0 aromatic heterocycles. The maximum atomic E-state index is 13.2. The molecule has 2 atom stereocenters. The summed E-state index contributed by atoms with van der Waals surface area (Å²) in [4.78, 5) is 13.2. The Morgan fingerprint density at radius 1 is 0.711 bits per heavy atom. The fourth-order valence-corrected chi connectivity index (χ4v) is 5.30. The molecular formula is C40H39NO4. The third-order valence-corrected chi connectivity index (χ3v) is 7.95. The SMILES string of the molecule is COc1ccc(C(C)c2ccc(OCC(=O)NC(c3ccc(C)cc3)c3ccc(C4=C/C=C\C=C/C=C\4)cc3)cc2)c(OC)c1. The number of aryl methyl sites for hydroxylation is 1. The molecule has 1 aliphatic rings. The van der Waals surface area contributed by atoms with Gasteiger partial charge in [-0.15, -0.1) is 0 Å². The lowest BCUT2D eigenvalue weighted by atomic mass is 9.92. The van der Waals surface area contributed by atoms with Crippen molar-refractivity contribution in [1.29, 1.82) is 0 Å².